The van der Waals surface area contributed by atoms with E-state index in [1.165, 1.54) is 0 Å². The lowest BCUT2D eigenvalue weighted by Gasteiger charge is -2.12. The van der Waals surface area contributed by atoms with Gasteiger partial charge in [-0.15, -0.1) is 11.6 Å². The minimum Gasteiger partial charge on any atom is -0.238 e. The summed E-state index contributed by atoms with van der Waals surface area (Å²) in [6, 6.07) is 1.97. The second-order valence-electron chi connectivity index (χ2n) is 4.03. The Morgan fingerprint density at radius 2 is 1.71 bits per heavy atom. The molecule has 1 aromatic heterocycles. The third-order valence-electron chi connectivity index (χ3n) is 2.13. The van der Waals surface area contributed by atoms with E-state index in [0.29, 0.717) is 5.92 Å². The largest absolute Gasteiger partial charge is 0.238 e. The summed E-state index contributed by atoms with van der Waals surface area (Å²) in [6.45, 7) is 8.19. The van der Waals surface area contributed by atoms with Crippen LogP contribution in [0.1, 0.15) is 31.1 Å². The molecule has 0 bridgehead atoms. The third kappa shape index (κ3) is 3.26. The number of nitrogens with zero attached hydrogens (tertiary/aromatic N) is 2. The molecule has 0 aromatic carbocycles. The Balaban J connectivity index is 2.76. The SMILES string of the molecule is Cc1cc(C)nc(CC(Cl)C(C)C)n1. The summed E-state index contributed by atoms with van der Waals surface area (Å²) in [7, 11) is 0. The fourth-order valence-corrected chi connectivity index (χ4v) is 1.44. The Hall–Kier alpha value is -0.630. The smallest absolute Gasteiger partial charge is 0.130 e. The lowest BCUT2D eigenvalue weighted by molar-refractivity contribution is 0.582. The topological polar surface area (TPSA) is 25.8 Å². The van der Waals surface area contributed by atoms with Crippen LogP contribution in [0.4, 0.5) is 0 Å². The molecule has 14 heavy (non-hydrogen) atoms. The van der Waals surface area contributed by atoms with Crippen LogP contribution in [0.5, 0.6) is 0 Å². The van der Waals surface area contributed by atoms with E-state index in [0.717, 1.165) is 23.6 Å². The molecule has 1 atom stereocenters. The molecule has 0 N–H and O–H groups in total. The molecule has 78 valence electrons. The summed E-state index contributed by atoms with van der Waals surface area (Å²) < 4.78 is 0. The number of aromatic nitrogens is 2. The van der Waals surface area contributed by atoms with Crippen molar-refractivity contribution in [3.05, 3.63) is 23.3 Å². The number of hydrogen-bond acceptors (Lipinski definition) is 2. The molecule has 1 heterocycles. The fraction of sp³-hybridized carbons (Fsp3) is 0.636. The van der Waals surface area contributed by atoms with Gasteiger partial charge in [0.1, 0.15) is 5.82 Å². The van der Waals surface area contributed by atoms with Gasteiger partial charge in [-0.1, -0.05) is 13.8 Å². The molecule has 0 saturated carbocycles. The normalized spacial score (nSPS) is 13.3. The summed E-state index contributed by atoms with van der Waals surface area (Å²) in [5.41, 5.74) is 2.03. The van der Waals surface area contributed by atoms with E-state index >= 15 is 0 Å². The van der Waals surface area contributed by atoms with Gasteiger partial charge >= 0.3 is 0 Å². The average molecular weight is 213 g/mol. The van der Waals surface area contributed by atoms with E-state index in [-0.39, 0.29) is 5.38 Å². The van der Waals surface area contributed by atoms with Gasteiger partial charge in [0.25, 0.3) is 0 Å². The molecule has 0 fully saturated rings. The highest BCUT2D eigenvalue weighted by Crippen LogP contribution is 2.14. The van der Waals surface area contributed by atoms with Crippen LogP contribution in [-0.2, 0) is 6.42 Å². The van der Waals surface area contributed by atoms with Crippen molar-refractivity contribution in [2.75, 3.05) is 0 Å². The van der Waals surface area contributed by atoms with Crippen molar-refractivity contribution in [3.63, 3.8) is 0 Å². The highest BCUT2D eigenvalue weighted by Gasteiger charge is 2.12. The monoisotopic (exact) mass is 212 g/mol. The second-order valence-corrected chi connectivity index (χ2v) is 4.59. The lowest BCUT2D eigenvalue weighted by atomic mass is 10.1. The average Bonchev–Trinajstić information content (AvgIpc) is 2.01. The molecule has 0 spiro atoms. The summed E-state index contributed by atoms with van der Waals surface area (Å²) in [4.78, 5) is 8.72. The first-order valence-electron chi connectivity index (χ1n) is 4.94. The Bertz CT molecular complexity index is 290. The molecule has 1 unspecified atom stereocenters. The summed E-state index contributed by atoms with van der Waals surface area (Å²) >= 11 is 6.17. The minimum absolute atomic E-state index is 0.121. The summed E-state index contributed by atoms with van der Waals surface area (Å²) in [5.74, 6) is 1.32. The summed E-state index contributed by atoms with van der Waals surface area (Å²) in [5, 5.41) is 0.121. The molecule has 0 aliphatic carbocycles. The van der Waals surface area contributed by atoms with E-state index < -0.39 is 0 Å². The van der Waals surface area contributed by atoms with E-state index in [4.69, 9.17) is 11.6 Å². The van der Waals surface area contributed by atoms with Crippen LogP contribution in [-0.4, -0.2) is 15.3 Å². The first kappa shape index (κ1) is 11.4. The molecule has 1 rings (SSSR count). The van der Waals surface area contributed by atoms with Crippen molar-refractivity contribution >= 4 is 11.6 Å². The van der Waals surface area contributed by atoms with Crippen LogP contribution in [0.2, 0.25) is 0 Å². The predicted molar refractivity (Wildman–Crippen MR) is 59.7 cm³/mol. The van der Waals surface area contributed by atoms with Crippen LogP contribution in [0.3, 0.4) is 0 Å². The number of rotatable bonds is 3. The van der Waals surface area contributed by atoms with Crippen molar-refractivity contribution in [3.8, 4) is 0 Å². The molecular formula is C11H17ClN2. The zero-order chi connectivity index (χ0) is 10.7. The van der Waals surface area contributed by atoms with Gasteiger partial charge in [-0.2, -0.15) is 0 Å². The van der Waals surface area contributed by atoms with Crippen molar-refractivity contribution in [2.24, 2.45) is 5.92 Å². The van der Waals surface area contributed by atoms with E-state index in [1.807, 2.05) is 19.9 Å². The van der Waals surface area contributed by atoms with Crippen LogP contribution < -0.4 is 0 Å². The van der Waals surface area contributed by atoms with Crippen molar-refractivity contribution in [2.45, 2.75) is 39.5 Å². The Labute approximate surface area is 90.7 Å². The zero-order valence-electron chi connectivity index (χ0n) is 9.21. The van der Waals surface area contributed by atoms with E-state index in [1.54, 1.807) is 0 Å². The van der Waals surface area contributed by atoms with Crippen molar-refractivity contribution in [1.82, 2.24) is 9.97 Å². The van der Waals surface area contributed by atoms with Gasteiger partial charge in [-0.25, -0.2) is 9.97 Å². The highest BCUT2D eigenvalue weighted by atomic mass is 35.5. The quantitative estimate of drug-likeness (QED) is 0.721. The zero-order valence-corrected chi connectivity index (χ0v) is 9.97. The first-order valence-corrected chi connectivity index (χ1v) is 5.38. The fourth-order valence-electron chi connectivity index (χ4n) is 1.30. The van der Waals surface area contributed by atoms with Gasteiger partial charge in [0.2, 0.25) is 0 Å². The summed E-state index contributed by atoms with van der Waals surface area (Å²) in [6.07, 6.45) is 0.752. The molecule has 2 nitrogen and oxygen atoms in total. The number of halogens is 1. The molecule has 0 aliphatic heterocycles. The number of hydrogen-bond donors (Lipinski definition) is 0. The Morgan fingerprint density at radius 3 is 2.14 bits per heavy atom. The molecule has 0 aliphatic rings. The second kappa shape index (κ2) is 4.74. The van der Waals surface area contributed by atoms with Gasteiger partial charge < -0.3 is 0 Å². The molecule has 0 saturated heterocycles. The highest BCUT2D eigenvalue weighted by molar-refractivity contribution is 6.20. The van der Waals surface area contributed by atoms with Crippen LogP contribution in [0.15, 0.2) is 6.07 Å². The maximum atomic E-state index is 6.17. The maximum Gasteiger partial charge on any atom is 0.130 e. The molecule has 0 radical (unpaired) electrons. The van der Waals surface area contributed by atoms with Crippen molar-refractivity contribution in [1.29, 1.82) is 0 Å². The van der Waals surface area contributed by atoms with Gasteiger partial charge in [-0.3, -0.25) is 0 Å². The predicted octanol–water partition coefficient (Wildman–Crippen LogP) is 2.90. The number of alkyl halides is 1. The standard InChI is InChI=1S/C11H17ClN2/c1-7(2)10(12)6-11-13-8(3)5-9(4)14-11/h5,7,10H,6H2,1-4H3. The van der Waals surface area contributed by atoms with Crippen molar-refractivity contribution < 1.29 is 0 Å². The third-order valence-corrected chi connectivity index (χ3v) is 2.79. The van der Waals surface area contributed by atoms with Gasteiger partial charge in [0.15, 0.2) is 0 Å². The van der Waals surface area contributed by atoms with Crippen LogP contribution >= 0.6 is 11.6 Å². The van der Waals surface area contributed by atoms with E-state index in [2.05, 4.69) is 23.8 Å². The van der Waals surface area contributed by atoms with Gasteiger partial charge in [0.05, 0.1) is 0 Å². The van der Waals surface area contributed by atoms with E-state index in [9.17, 15) is 0 Å². The maximum absolute atomic E-state index is 6.17. The lowest BCUT2D eigenvalue weighted by Crippen LogP contribution is -2.14. The van der Waals surface area contributed by atoms with Crippen LogP contribution in [0, 0.1) is 19.8 Å². The molecule has 3 heteroatoms. The number of aryl methyl sites for hydroxylation is 2. The van der Waals surface area contributed by atoms with Crippen LogP contribution in [0.25, 0.3) is 0 Å². The Kier molecular flexibility index (Phi) is 3.87. The molecule has 0 amide bonds. The minimum atomic E-state index is 0.121. The van der Waals surface area contributed by atoms with Gasteiger partial charge in [-0.05, 0) is 25.8 Å². The van der Waals surface area contributed by atoms with Gasteiger partial charge in [0, 0.05) is 23.2 Å². The molecular weight excluding hydrogens is 196 g/mol. The first-order chi connectivity index (χ1) is 6.49. The Morgan fingerprint density at radius 1 is 1.21 bits per heavy atom. The molecule has 1 aromatic rings.